The highest BCUT2D eigenvalue weighted by Crippen LogP contribution is 2.21. The molecule has 0 aromatic carbocycles. The van der Waals surface area contributed by atoms with Gasteiger partial charge < -0.3 is 9.64 Å². The van der Waals surface area contributed by atoms with Crippen molar-refractivity contribution in [3.8, 4) is 0 Å². The molecule has 1 saturated heterocycles. The van der Waals surface area contributed by atoms with Crippen LogP contribution in [-0.2, 0) is 4.74 Å². The fourth-order valence-corrected chi connectivity index (χ4v) is 2.22. The third-order valence-electron chi connectivity index (χ3n) is 2.89. The van der Waals surface area contributed by atoms with E-state index in [0.29, 0.717) is 11.3 Å². The van der Waals surface area contributed by atoms with Crippen molar-refractivity contribution < 1.29 is 4.74 Å². The molecule has 5 heteroatoms. The molecule has 1 aromatic heterocycles. The first kappa shape index (κ1) is 11.6. The fraction of sp³-hybridized carbons (Fsp3) is 0.636. The lowest BCUT2D eigenvalue weighted by atomic mass is 10.1. The second-order valence-corrected chi connectivity index (χ2v) is 4.41. The lowest BCUT2D eigenvalue weighted by Crippen LogP contribution is -2.37. The molecule has 2 rings (SSSR count). The van der Waals surface area contributed by atoms with Gasteiger partial charge in [-0.3, -0.25) is 0 Å². The molecule has 0 unspecified atom stereocenters. The molecule has 4 nitrogen and oxygen atoms in total. The van der Waals surface area contributed by atoms with Crippen LogP contribution in [-0.4, -0.2) is 36.3 Å². The molecular weight excluding hydrogens is 226 g/mol. The van der Waals surface area contributed by atoms with Gasteiger partial charge in [-0.25, -0.2) is 9.97 Å². The first-order valence-corrected chi connectivity index (χ1v) is 5.86. The average Bonchev–Trinajstić information content (AvgIpc) is 2.28. The summed E-state index contributed by atoms with van der Waals surface area (Å²) in [6, 6.07) is 1.82. The minimum Gasteiger partial charge on any atom is -0.381 e. The molecule has 2 heterocycles. The van der Waals surface area contributed by atoms with Gasteiger partial charge in [-0.2, -0.15) is 0 Å². The number of methoxy groups -OCH3 is 1. The quantitative estimate of drug-likeness (QED) is 0.743. The Balaban J connectivity index is 2.08. The van der Waals surface area contributed by atoms with Gasteiger partial charge >= 0.3 is 0 Å². The number of aryl methyl sites for hydroxylation is 1. The smallest absolute Gasteiger partial charge is 0.134 e. The Morgan fingerprint density at radius 3 is 2.62 bits per heavy atom. The molecule has 16 heavy (non-hydrogen) atoms. The van der Waals surface area contributed by atoms with Crippen molar-refractivity contribution in [2.75, 3.05) is 25.1 Å². The fourth-order valence-electron chi connectivity index (χ4n) is 2.00. The number of anilines is 1. The van der Waals surface area contributed by atoms with Crippen molar-refractivity contribution in [2.24, 2.45) is 0 Å². The minimum absolute atomic E-state index is 0.384. The number of piperidine rings is 1. The molecule has 1 fully saturated rings. The van der Waals surface area contributed by atoms with E-state index in [-0.39, 0.29) is 0 Å². The maximum Gasteiger partial charge on any atom is 0.134 e. The van der Waals surface area contributed by atoms with Crippen LogP contribution in [0.2, 0.25) is 5.15 Å². The number of hydrogen-bond acceptors (Lipinski definition) is 4. The van der Waals surface area contributed by atoms with Crippen LogP contribution in [0, 0.1) is 6.92 Å². The van der Waals surface area contributed by atoms with Crippen LogP contribution in [0.15, 0.2) is 6.07 Å². The molecule has 0 saturated carbocycles. The van der Waals surface area contributed by atoms with E-state index in [1.54, 1.807) is 7.11 Å². The summed E-state index contributed by atoms with van der Waals surface area (Å²) in [5, 5.41) is 0.511. The minimum atomic E-state index is 0.384. The van der Waals surface area contributed by atoms with Crippen LogP contribution >= 0.6 is 11.6 Å². The zero-order chi connectivity index (χ0) is 11.5. The van der Waals surface area contributed by atoms with Gasteiger partial charge in [-0.05, 0) is 19.8 Å². The largest absolute Gasteiger partial charge is 0.381 e. The van der Waals surface area contributed by atoms with Gasteiger partial charge in [-0.15, -0.1) is 0 Å². The van der Waals surface area contributed by atoms with E-state index in [1.165, 1.54) is 0 Å². The molecule has 0 aliphatic carbocycles. The zero-order valence-electron chi connectivity index (χ0n) is 9.61. The number of hydrogen-bond donors (Lipinski definition) is 0. The molecule has 0 atom stereocenters. The maximum absolute atomic E-state index is 5.92. The topological polar surface area (TPSA) is 38.2 Å². The number of nitrogens with zero attached hydrogens (tertiary/aromatic N) is 3. The SMILES string of the molecule is COC1CCN(c2cc(Cl)nc(C)n2)CC1. The van der Waals surface area contributed by atoms with Crippen molar-refractivity contribution in [2.45, 2.75) is 25.9 Å². The van der Waals surface area contributed by atoms with Gasteiger partial charge in [0, 0.05) is 26.3 Å². The van der Waals surface area contributed by atoms with Crippen molar-refractivity contribution in [1.29, 1.82) is 0 Å². The highest BCUT2D eigenvalue weighted by atomic mass is 35.5. The monoisotopic (exact) mass is 241 g/mol. The predicted molar refractivity (Wildman–Crippen MR) is 64.0 cm³/mol. The van der Waals surface area contributed by atoms with E-state index < -0.39 is 0 Å². The predicted octanol–water partition coefficient (Wildman–Crippen LogP) is 2.05. The van der Waals surface area contributed by atoms with Crippen molar-refractivity contribution in [3.63, 3.8) is 0 Å². The molecule has 0 amide bonds. The Bertz CT molecular complexity index is 344. The molecule has 0 spiro atoms. The summed E-state index contributed by atoms with van der Waals surface area (Å²) in [5.41, 5.74) is 0. The van der Waals surface area contributed by atoms with Crippen LogP contribution in [0.1, 0.15) is 18.7 Å². The van der Waals surface area contributed by atoms with E-state index in [4.69, 9.17) is 16.3 Å². The van der Waals surface area contributed by atoms with E-state index in [1.807, 2.05) is 13.0 Å². The summed E-state index contributed by atoms with van der Waals surface area (Å²) < 4.78 is 5.34. The maximum atomic E-state index is 5.92. The molecule has 0 bridgehead atoms. The summed E-state index contributed by atoms with van der Waals surface area (Å²) in [6.45, 7) is 3.79. The van der Waals surface area contributed by atoms with Crippen LogP contribution < -0.4 is 4.90 Å². The molecule has 1 aliphatic heterocycles. The van der Waals surface area contributed by atoms with Crippen molar-refractivity contribution in [3.05, 3.63) is 17.0 Å². The number of rotatable bonds is 2. The lowest BCUT2D eigenvalue weighted by Gasteiger charge is -2.32. The van der Waals surface area contributed by atoms with Gasteiger partial charge in [0.2, 0.25) is 0 Å². The van der Waals surface area contributed by atoms with Gasteiger partial charge in [0.25, 0.3) is 0 Å². The van der Waals surface area contributed by atoms with Gasteiger partial charge in [0.05, 0.1) is 6.10 Å². The van der Waals surface area contributed by atoms with Gasteiger partial charge in [0.15, 0.2) is 0 Å². The Kier molecular flexibility index (Phi) is 3.61. The normalized spacial score (nSPS) is 17.8. The first-order chi connectivity index (χ1) is 7.69. The van der Waals surface area contributed by atoms with E-state index >= 15 is 0 Å². The summed E-state index contributed by atoms with van der Waals surface area (Å²) in [7, 11) is 1.77. The van der Waals surface area contributed by atoms with E-state index in [0.717, 1.165) is 37.6 Å². The van der Waals surface area contributed by atoms with Crippen molar-refractivity contribution >= 4 is 17.4 Å². The molecular formula is C11H16ClN3O. The Labute approximate surface area is 101 Å². The van der Waals surface area contributed by atoms with Crippen LogP contribution in [0.25, 0.3) is 0 Å². The number of aromatic nitrogens is 2. The molecule has 0 radical (unpaired) electrons. The highest BCUT2D eigenvalue weighted by molar-refractivity contribution is 6.29. The molecule has 88 valence electrons. The third-order valence-corrected chi connectivity index (χ3v) is 3.09. The average molecular weight is 242 g/mol. The third kappa shape index (κ3) is 2.62. The first-order valence-electron chi connectivity index (χ1n) is 5.48. The summed E-state index contributed by atoms with van der Waals surface area (Å²) in [4.78, 5) is 10.7. The van der Waals surface area contributed by atoms with Gasteiger partial charge in [0.1, 0.15) is 16.8 Å². The van der Waals surface area contributed by atoms with Crippen LogP contribution in [0.3, 0.4) is 0 Å². The lowest BCUT2D eigenvalue weighted by molar-refractivity contribution is 0.0818. The molecule has 0 N–H and O–H groups in total. The Morgan fingerprint density at radius 2 is 2.06 bits per heavy atom. The van der Waals surface area contributed by atoms with E-state index in [2.05, 4.69) is 14.9 Å². The van der Waals surface area contributed by atoms with Crippen LogP contribution in [0.4, 0.5) is 5.82 Å². The van der Waals surface area contributed by atoms with Crippen molar-refractivity contribution in [1.82, 2.24) is 9.97 Å². The number of halogens is 1. The summed E-state index contributed by atoms with van der Waals surface area (Å²) in [5.74, 6) is 1.64. The molecule has 1 aromatic rings. The highest BCUT2D eigenvalue weighted by Gasteiger charge is 2.20. The standard InChI is InChI=1S/C11H16ClN3O/c1-8-13-10(12)7-11(14-8)15-5-3-9(16-2)4-6-15/h7,9H,3-6H2,1-2H3. The second-order valence-electron chi connectivity index (χ2n) is 4.02. The number of ether oxygens (including phenoxy) is 1. The second kappa shape index (κ2) is 4.97. The molecule has 1 aliphatic rings. The summed E-state index contributed by atoms with van der Waals surface area (Å²) >= 11 is 5.92. The Hall–Kier alpha value is -0.870. The van der Waals surface area contributed by atoms with Gasteiger partial charge in [-0.1, -0.05) is 11.6 Å². The van der Waals surface area contributed by atoms with E-state index in [9.17, 15) is 0 Å². The van der Waals surface area contributed by atoms with Crippen LogP contribution in [0.5, 0.6) is 0 Å². The zero-order valence-corrected chi connectivity index (χ0v) is 10.4. The Morgan fingerprint density at radius 1 is 1.38 bits per heavy atom. The summed E-state index contributed by atoms with van der Waals surface area (Å²) in [6.07, 6.45) is 2.46.